The van der Waals surface area contributed by atoms with E-state index < -0.39 is 21.7 Å². The van der Waals surface area contributed by atoms with Crippen molar-refractivity contribution in [2.45, 2.75) is 17.9 Å². The summed E-state index contributed by atoms with van der Waals surface area (Å²) in [4.78, 5) is 0.186. The summed E-state index contributed by atoms with van der Waals surface area (Å²) in [5, 5.41) is 0.218. The van der Waals surface area contributed by atoms with Crippen LogP contribution in [0.2, 0.25) is 5.02 Å². The van der Waals surface area contributed by atoms with Crippen molar-refractivity contribution in [3.05, 3.63) is 63.9 Å². The van der Waals surface area contributed by atoms with E-state index in [2.05, 4.69) is 0 Å². The summed E-state index contributed by atoms with van der Waals surface area (Å²) in [5.41, 5.74) is 7.74. The van der Waals surface area contributed by atoms with E-state index in [0.717, 1.165) is 6.26 Å². The maximum absolute atomic E-state index is 13.4. The lowest BCUT2D eigenvalue weighted by molar-refractivity contribution is 0.601. The Bertz CT molecular complexity index is 790. The van der Waals surface area contributed by atoms with Crippen LogP contribution in [0.25, 0.3) is 0 Å². The van der Waals surface area contributed by atoms with Crippen LogP contribution in [-0.4, -0.2) is 14.7 Å². The topological polar surface area (TPSA) is 60.2 Å². The largest absolute Gasteiger partial charge is 0.320 e. The van der Waals surface area contributed by atoms with E-state index in [1.807, 2.05) is 0 Å². The molecule has 0 aliphatic heterocycles. The monoisotopic (exact) mass is 327 g/mol. The van der Waals surface area contributed by atoms with Crippen LogP contribution in [-0.2, 0) is 9.84 Å². The second-order valence-electron chi connectivity index (χ2n) is 4.95. The molecule has 6 heteroatoms. The predicted octanol–water partition coefficient (Wildman–Crippen LogP) is 3.24. The molecule has 0 fully saturated rings. The van der Waals surface area contributed by atoms with Crippen LogP contribution in [0.3, 0.4) is 0 Å². The first kappa shape index (κ1) is 15.9. The van der Waals surface area contributed by atoms with Crippen LogP contribution in [0.1, 0.15) is 22.7 Å². The third-order valence-corrected chi connectivity index (χ3v) is 4.70. The standard InChI is InChI=1S/C15H15ClFNO2S/c1-9-6-12(13(16)8-14(9)17)15(18)10-4-3-5-11(7-10)21(2,19)20/h3-8,15H,18H2,1-2H3. The van der Waals surface area contributed by atoms with E-state index in [0.29, 0.717) is 16.7 Å². The lowest BCUT2D eigenvalue weighted by atomic mass is 9.98. The molecule has 2 N–H and O–H groups in total. The molecule has 0 aromatic heterocycles. The molecule has 21 heavy (non-hydrogen) atoms. The van der Waals surface area contributed by atoms with Crippen LogP contribution in [0.4, 0.5) is 4.39 Å². The summed E-state index contributed by atoms with van der Waals surface area (Å²) in [7, 11) is -3.31. The van der Waals surface area contributed by atoms with Crippen LogP contribution in [0, 0.1) is 12.7 Å². The van der Waals surface area contributed by atoms with E-state index in [1.54, 1.807) is 25.1 Å². The smallest absolute Gasteiger partial charge is 0.175 e. The number of nitrogens with two attached hydrogens (primary N) is 1. The van der Waals surface area contributed by atoms with E-state index >= 15 is 0 Å². The molecule has 2 rings (SSSR count). The van der Waals surface area contributed by atoms with E-state index in [4.69, 9.17) is 17.3 Å². The van der Waals surface area contributed by atoms with Gasteiger partial charge in [-0.1, -0.05) is 23.7 Å². The van der Waals surface area contributed by atoms with E-state index in [-0.39, 0.29) is 9.92 Å². The number of rotatable bonds is 3. The van der Waals surface area contributed by atoms with Gasteiger partial charge in [0, 0.05) is 11.3 Å². The van der Waals surface area contributed by atoms with Crippen LogP contribution in [0.5, 0.6) is 0 Å². The van der Waals surface area contributed by atoms with Crippen molar-refractivity contribution in [2.75, 3.05) is 6.26 Å². The number of aryl methyl sites for hydroxylation is 1. The van der Waals surface area contributed by atoms with Crippen molar-refractivity contribution < 1.29 is 12.8 Å². The quantitative estimate of drug-likeness (QED) is 0.941. The molecule has 0 heterocycles. The third-order valence-electron chi connectivity index (χ3n) is 3.26. The second kappa shape index (κ2) is 5.75. The Morgan fingerprint density at radius 2 is 1.90 bits per heavy atom. The highest BCUT2D eigenvalue weighted by Gasteiger charge is 2.17. The fraction of sp³-hybridized carbons (Fsp3) is 0.200. The van der Waals surface area contributed by atoms with Crippen LogP contribution < -0.4 is 5.73 Å². The molecule has 112 valence electrons. The number of hydrogen-bond acceptors (Lipinski definition) is 3. The van der Waals surface area contributed by atoms with Crippen molar-refractivity contribution in [3.8, 4) is 0 Å². The highest BCUT2D eigenvalue weighted by Crippen LogP contribution is 2.29. The van der Waals surface area contributed by atoms with Gasteiger partial charge in [-0.3, -0.25) is 0 Å². The Morgan fingerprint density at radius 3 is 2.52 bits per heavy atom. The lowest BCUT2D eigenvalue weighted by Crippen LogP contribution is -2.13. The SMILES string of the molecule is Cc1cc(C(N)c2cccc(S(C)(=O)=O)c2)c(Cl)cc1F. The van der Waals surface area contributed by atoms with Crippen molar-refractivity contribution in [3.63, 3.8) is 0 Å². The minimum Gasteiger partial charge on any atom is -0.320 e. The molecule has 0 saturated carbocycles. The van der Waals surface area contributed by atoms with E-state index in [9.17, 15) is 12.8 Å². The molecule has 2 aromatic carbocycles. The number of hydrogen-bond donors (Lipinski definition) is 1. The summed E-state index contributed by atoms with van der Waals surface area (Å²) in [6, 6.07) is 8.52. The summed E-state index contributed by atoms with van der Waals surface area (Å²) >= 11 is 6.04. The summed E-state index contributed by atoms with van der Waals surface area (Å²) in [5.74, 6) is -0.402. The van der Waals surface area contributed by atoms with Crippen LogP contribution in [0.15, 0.2) is 41.3 Å². The zero-order valence-electron chi connectivity index (χ0n) is 11.6. The molecule has 0 bridgehead atoms. The van der Waals surface area contributed by atoms with Gasteiger partial charge in [0.05, 0.1) is 10.9 Å². The van der Waals surface area contributed by atoms with Crippen molar-refractivity contribution in [1.29, 1.82) is 0 Å². The summed E-state index contributed by atoms with van der Waals surface area (Å²) in [6.07, 6.45) is 1.13. The van der Waals surface area contributed by atoms with Crippen LogP contribution >= 0.6 is 11.6 Å². The van der Waals surface area contributed by atoms with Gasteiger partial charge in [-0.2, -0.15) is 0 Å². The van der Waals surface area contributed by atoms with Gasteiger partial charge in [0.1, 0.15) is 5.82 Å². The molecule has 0 radical (unpaired) electrons. The Hall–Kier alpha value is -1.43. The summed E-state index contributed by atoms with van der Waals surface area (Å²) in [6.45, 7) is 1.62. The van der Waals surface area contributed by atoms with Crippen molar-refractivity contribution in [1.82, 2.24) is 0 Å². The van der Waals surface area contributed by atoms with Gasteiger partial charge < -0.3 is 5.73 Å². The number of benzene rings is 2. The number of halogens is 2. The minimum absolute atomic E-state index is 0.186. The first-order valence-corrected chi connectivity index (χ1v) is 8.48. The van der Waals surface area contributed by atoms with Crippen molar-refractivity contribution in [2.24, 2.45) is 5.73 Å². The first-order valence-electron chi connectivity index (χ1n) is 6.21. The molecule has 0 saturated heterocycles. The summed E-state index contributed by atoms with van der Waals surface area (Å²) < 4.78 is 36.6. The Labute approximate surface area is 128 Å². The van der Waals surface area contributed by atoms with Crippen molar-refractivity contribution >= 4 is 21.4 Å². The molecule has 0 aliphatic carbocycles. The highest BCUT2D eigenvalue weighted by atomic mass is 35.5. The first-order chi connectivity index (χ1) is 9.70. The molecule has 2 aromatic rings. The maximum Gasteiger partial charge on any atom is 0.175 e. The normalized spacial score (nSPS) is 13.2. The van der Waals surface area contributed by atoms with Gasteiger partial charge in [-0.15, -0.1) is 0 Å². The lowest BCUT2D eigenvalue weighted by Gasteiger charge is -2.16. The van der Waals surface area contributed by atoms with Gasteiger partial charge in [0.15, 0.2) is 9.84 Å². The average molecular weight is 328 g/mol. The Morgan fingerprint density at radius 1 is 1.24 bits per heavy atom. The molecule has 3 nitrogen and oxygen atoms in total. The highest BCUT2D eigenvalue weighted by molar-refractivity contribution is 7.90. The zero-order valence-corrected chi connectivity index (χ0v) is 13.2. The molecular weight excluding hydrogens is 313 g/mol. The predicted molar refractivity (Wildman–Crippen MR) is 81.7 cm³/mol. The van der Waals surface area contributed by atoms with E-state index in [1.165, 1.54) is 18.2 Å². The fourth-order valence-electron chi connectivity index (χ4n) is 2.04. The molecule has 0 aliphatic rings. The van der Waals surface area contributed by atoms with Gasteiger partial charge in [-0.25, -0.2) is 12.8 Å². The fourth-order valence-corrected chi connectivity index (χ4v) is 2.98. The molecule has 0 spiro atoms. The Kier molecular flexibility index (Phi) is 4.37. The zero-order chi connectivity index (χ0) is 15.8. The second-order valence-corrected chi connectivity index (χ2v) is 7.37. The number of sulfone groups is 1. The molecule has 1 atom stereocenters. The van der Waals surface area contributed by atoms with Gasteiger partial charge >= 0.3 is 0 Å². The Balaban J connectivity index is 2.50. The van der Waals surface area contributed by atoms with Gasteiger partial charge in [-0.05, 0) is 47.9 Å². The minimum atomic E-state index is -3.31. The molecule has 0 amide bonds. The van der Waals surface area contributed by atoms with Gasteiger partial charge in [0.25, 0.3) is 0 Å². The average Bonchev–Trinajstić information content (AvgIpc) is 2.41. The third kappa shape index (κ3) is 3.43. The molecular formula is C15H15ClFNO2S. The van der Waals surface area contributed by atoms with Gasteiger partial charge in [0.2, 0.25) is 0 Å². The molecule has 1 unspecified atom stereocenters. The maximum atomic E-state index is 13.4.